The summed E-state index contributed by atoms with van der Waals surface area (Å²) in [6.07, 6.45) is 0.132. The highest BCUT2D eigenvalue weighted by atomic mass is 16.1. The largest absolute Gasteiger partial charge is 0.369 e. The highest BCUT2D eigenvalue weighted by Crippen LogP contribution is 2.11. The number of nitrogens with two attached hydrogens (primary N) is 1. The van der Waals surface area contributed by atoms with E-state index in [9.17, 15) is 9.59 Å². The molecule has 0 atom stereocenters. The molecule has 0 unspecified atom stereocenters. The maximum Gasteiger partial charge on any atom is 0.261 e. The number of aryl methyl sites for hydroxylation is 1. The SMILES string of the molecule is Cc1nc2ccc(CC(N)=O)cc2c(=O)n1C. The van der Waals surface area contributed by atoms with Crippen LogP contribution in [0.1, 0.15) is 11.4 Å². The van der Waals surface area contributed by atoms with E-state index in [-0.39, 0.29) is 12.0 Å². The molecule has 2 rings (SSSR count). The monoisotopic (exact) mass is 231 g/mol. The van der Waals surface area contributed by atoms with Gasteiger partial charge in [-0.05, 0) is 24.6 Å². The van der Waals surface area contributed by atoms with E-state index in [0.717, 1.165) is 5.56 Å². The molecule has 17 heavy (non-hydrogen) atoms. The zero-order chi connectivity index (χ0) is 12.6. The van der Waals surface area contributed by atoms with Gasteiger partial charge in [-0.15, -0.1) is 0 Å². The second kappa shape index (κ2) is 4.01. The van der Waals surface area contributed by atoms with Crippen molar-refractivity contribution in [1.29, 1.82) is 0 Å². The molecule has 2 aromatic rings. The molecule has 0 aliphatic heterocycles. The lowest BCUT2D eigenvalue weighted by Gasteiger charge is -2.06. The van der Waals surface area contributed by atoms with E-state index < -0.39 is 5.91 Å². The molecule has 1 amide bonds. The zero-order valence-electron chi connectivity index (χ0n) is 9.73. The van der Waals surface area contributed by atoms with Crippen LogP contribution in [0, 0.1) is 6.92 Å². The highest BCUT2D eigenvalue weighted by molar-refractivity contribution is 5.81. The number of carbonyl (C=O) groups excluding carboxylic acids is 1. The first kappa shape index (κ1) is 11.3. The molecule has 0 spiro atoms. The molecular weight excluding hydrogens is 218 g/mol. The van der Waals surface area contributed by atoms with Gasteiger partial charge in [0.2, 0.25) is 5.91 Å². The lowest BCUT2D eigenvalue weighted by molar-refractivity contribution is -0.117. The van der Waals surface area contributed by atoms with E-state index in [1.165, 1.54) is 4.57 Å². The third-order valence-electron chi connectivity index (χ3n) is 2.74. The molecule has 5 nitrogen and oxygen atoms in total. The summed E-state index contributed by atoms with van der Waals surface area (Å²) in [7, 11) is 1.67. The lowest BCUT2D eigenvalue weighted by atomic mass is 10.1. The maximum atomic E-state index is 12.0. The Kier molecular flexibility index (Phi) is 2.67. The Labute approximate surface area is 97.9 Å². The van der Waals surface area contributed by atoms with Crippen molar-refractivity contribution in [2.45, 2.75) is 13.3 Å². The molecule has 0 saturated carbocycles. The molecule has 1 heterocycles. The summed E-state index contributed by atoms with van der Waals surface area (Å²) in [6, 6.07) is 5.18. The zero-order valence-corrected chi connectivity index (χ0v) is 9.73. The number of aromatic nitrogens is 2. The molecule has 1 aromatic heterocycles. The molecule has 0 radical (unpaired) electrons. The number of primary amides is 1. The number of nitrogens with zero attached hydrogens (tertiary/aromatic N) is 2. The van der Waals surface area contributed by atoms with Gasteiger partial charge in [0.25, 0.3) is 5.56 Å². The van der Waals surface area contributed by atoms with Crippen molar-refractivity contribution in [3.8, 4) is 0 Å². The molecule has 0 fully saturated rings. The first-order chi connectivity index (χ1) is 7.99. The minimum Gasteiger partial charge on any atom is -0.369 e. The van der Waals surface area contributed by atoms with Gasteiger partial charge in [-0.1, -0.05) is 6.07 Å². The molecule has 0 bridgehead atoms. The standard InChI is InChI=1S/C12H13N3O2/c1-7-14-10-4-3-8(6-11(13)16)5-9(10)12(17)15(7)2/h3-5H,6H2,1-2H3,(H2,13,16). The summed E-state index contributed by atoms with van der Waals surface area (Å²) in [4.78, 5) is 27.1. The Morgan fingerprint density at radius 1 is 1.47 bits per heavy atom. The topological polar surface area (TPSA) is 78.0 Å². The van der Waals surface area contributed by atoms with Gasteiger partial charge in [-0.2, -0.15) is 0 Å². The molecule has 0 aliphatic carbocycles. The molecule has 5 heteroatoms. The van der Waals surface area contributed by atoms with Crippen LogP contribution >= 0.6 is 0 Å². The van der Waals surface area contributed by atoms with E-state index in [1.54, 1.807) is 32.2 Å². The van der Waals surface area contributed by atoms with Gasteiger partial charge in [0.15, 0.2) is 0 Å². The Morgan fingerprint density at radius 2 is 2.18 bits per heavy atom. The summed E-state index contributed by atoms with van der Waals surface area (Å²) in [5.74, 6) is 0.242. The minimum absolute atomic E-state index is 0.112. The van der Waals surface area contributed by atoms with Crippen LogP contribution in [0.2, 0.25) is 0 Å². The highest BCUT2D eigenvalue weighted by Gasteiger charge is 2.07. The van der Waals surface area contributed by atoms with E-state index in [4.69, 9.17) is 5.73 Å². The van der Waals surface area contributed by atoms with Crippen molar-refractivity contribution in [2.24, 2.45) is 12.8 Å². The van der Waals surface area contributed by atoms with Crippen molar-refractivity contribution in [2.75, 3.05) is 0 Å². The Bertz CT molecular complexity index is 659. The average Bonchev–Trinajstić information content (AvgIpc) is 2.26. The van der Waals surface area contributed by atoms with Crippen LogP contribution in [0.25, 0.3) is 10.9 Å². The number of rotatable bonds is 2. The van der Waals surface area contributed by atoms with Crippen molar-refractivity contribution in [3.05, 3.63) is 39.9 Å². The Morgan fingerprint density at radius 3 is 2.82 bits per heavy atom. The predicted octanol–water partition coefficient (Wildman–Crippen LogP) is 0.270. The number of carbonyl (C=O) groups is 1. The summed E-state index contributed by atoms with van der Waals surface area (Å²) in [6.45, 7) is 1.78. The molecule has 88 valence electrons. The third kappa shape index (κ3) is 2.04. The van der Waals surface area contributed by atoms with Crippen molar-refractivity contribution < 1.29 is 4.79 Å². The smallest absolute Gasteiger partial charge is 0.261 e. The number of hydrogen-bond acceptors (Lipinski definition) is 3. The van der Waals surface area contributed by atoms with E-state index >= 15 is 0 Å². The summed E-state index contributed by atoms with van der Waals surface area (Å²) in [5, 5.41) is 0.511. The van der Waals surface area contributed by atoms with E-state index in [1.807, 2.05) is 0 Å². The second-order valence-electron chi connectivity index (χ2n) is 4.02. The van der Waals surface area contributed by atoms with E-state index in [0.29, 0.717) is 16.7 Å². The minimum atomic E-state index is -0.416. The molecule has 2 N–H and O–H groups in total. The van der Waals surface area contributed by atoms with Gasteiger partial charge in [0.05, 0.1) is 17.3 Å². The van der Waals surface area contributed by atoms with Crippen LogP contribution < -0.4 is 11.3 Å². The summed E-state index contributed by atoms with van der Waals surface area (Å²) in [5.41, 5.74) is 6.38. The Balaban J connectivity index is 2.69. The van der Waals surface area contributed by atoms with Crippen LogP contribution in [-0.4, -0.2) is 15.5 Å². The van der Waals surface area contributed by atoms with Gasteiger partial charge in [-0.3, -0.25) is 14.2 Å². The molecule has 1 aromatic carbocycles. The fourth-order valence-corrected chi connectivity index (χ4v) is 1.74. The second-order valence-corrected chi connectivity index (χ2v) is 4.02. The average molecular weight is 231 g/mol. The summed E-state index contributed by atoms with van der Waals surface area (Å²) >= 11 is 0. The fourth-order valence-electron chi connectivity index (χ4n) is 1.74. The van der Waals surface area contributed by atoms with Gasteiger partial charge in [-0.25, -0.2) is 4.98 Å². The first-order valence-corrected chi connectivity index (χ1v) is 5.23. The number of benzene rings is 1. The van der Waals surface area contributed by atoms with Crippen molar-refractivity contribution in [3.63, 3.8) is 0 Å². The third-order valence-corrected chi connectivity index (χ3v) is 2.74. The lowest BCUT2D eigenvalue weighted by Crippen LogP contribution is -2.21. The van der Waals surface area contributed by atoms with Gasteiger partial charge >= 0.3 is 0 Å². The van der Waals surface area contributed by atoms with Crippen LogP contribution in [-0.2, 0) is 18.3 Å². The quantitative estimate of drug-likeness (QED) is 0.805. The number of fused-ring (bicyclic) bond motifs is 1. The fraction of sp³-hybridized carbons (Fsp3) is 0.250. The van der Waals surface area contributed by atoms with Crippen LogP contribution in [0.15, 0.2) is 23.0 Å². The molecule has 0 saturated heterocycles. The summed E-state index contributed by atoms with van der Waals surface area (Å²) < 4.78 is 1.48. The first-order valence-electron chi connectivity index (χ1n) is 5.23. The maximum absolute atomic E-state index is 12.0. The normalized spacial score (nSPS) is 10.7. The van der Waals surface area contributed by atoms with Gasteiger partial charge < -0.3 is 5.73 Å². The number of hydrogen-bond donors (Lipinski definition) is 1. The van der Waals surface area contributed by atoms with Crippen LogP contribution in [0.3, 0.4) is 0 Å². The predicted molar refractivity (Wildman–Crippen MR) is 64.6 cm³/mol. The molecular formula is C12H13N3O2. The Hall–Kier alpha value is -2.17. The van der Waals surface area contributed by atoms with Crippen LogP contribution in [0.4, 0.5) is 0 Å². The van der Waals surface area contributed by atoms with E-state index in [2.05, 4.69) is 4.98 Å². The van der Waals surface area contributed by atoms with Crippen molar-refractivity contribution in [1.82, 2.24) is 9.55 Å². The van der Waals surface area contributed by atoms with Crippen molar-refractivity contribution >= 4 is 16.8 Å². The van der Waals surface area contributed by atoms with Gasteiger partial charge in [0.1, 0.15) is 5.82 Å². The van der Waals surface area contributed by atoms with Crippen LogP contribution in [0.5, 0.6) is 0 Å². The number of amides is 1. The molecule has 0 aliphatic rings. The van der Waals surface area contributed by atoms with Gasteiger partial charge in [0, 0.05) is 7.05 Å².